The van der Waals surface area contributed by atoms with E-state index in [4.69, 9.17) is 13.9 Å². The first-order chi connectivity index (χ1) is 11.0. The summed E-state index contributed by atoms with van der Waals surface area (Å²) in [5.74, 6) is 0.804. The van der Waals surface area contributed by atoms with Gasteiger partial charge in [0.2, 0.25) is 0 Å². The zero-order valence-electron chi connectivity index (χ0n) is 13.1. The Morgan fingerprint density at radius 3 is 2.65 bits per heavy atom. The fourth-order valence-electron chi connectivity index (χ4n) is 2.60. The van der Waals surface area contributed by atoms with Crippen LogP contribution in [0.25, 0.3) is 16.7 Å². The van der Waals surface area contributed by atoms with Gasteiger partial charge in [-0.15, -0.1) is 0 Å². The summed E-state index contributed by atoms with van der Waals surface area (Å²) >= 11 is 0. The van der Waals surface area contributed by atoms with E-state index >= 15 is 0 Å². The highest BCUT2D eigenvalue weighted by Crippen LogP contribution is 2.36. The molecular weight excluding hydrogens is 296 g/mol. The normalized spacial score (nSPS) is 18.1. The molecule has 2 heterocycles. The van der Waals surface area contributed by atoms with E-state index in [2.05, 4.69) is 0 Å². The standard InChI is InChI=1S/C18H16O5/c1-10-16(9-19)23-18(11(2)17(10)21-12(3)20)15-8-13-6-4-5-7-14(13)22-15/h4-9,16H,1-3H3. The summed E-state index contributed by atoms with van der Waals surface area (Å²) in [4.78, 5) is 22.7. The van der Waals surface area contributed by atoms with E-state index in [1.165, 1.54) is 6.92 Å². The van der Waals surface area contributed by atoms with Gasteiger partial charge in [-0.25, -0.2) is 0 Å². The van der Waals surface area contributed by atoms with Crippen molar-refractivity contribution < 1.29 is 23.5 Å². The number of allylic oxidation sites excluding steroid dienone is 1. The molecule has 23 heavy (non-hydrogen) atoms. The topological polar surface area (TPSA) is 65.7 Å². The minimum atomic E-state index is -0.809. The summed E-state index contributed by atoms with van der Waals surface area (Å²) in [5, 5.41) is 0.925. The molecule has 2 aromatic rings. The molecule has 0 spiro atoms. The molecule has 0 amide bonds. The van der Waals surface area contributed by atoms with E-state index in [1.54, 1.807) is 13.8 Å². The van der Waals surface area contributed by atoms with Crippen molar-refractivity contribution in [2.24, 2.45) is 0 Å². The lowest BCUT2D eigenvalue weighted by Gasteiger charge is -2.26. The van der Waals surface area contributed by atoms with Crippen molar-refractivity contribution in [1.29, 1.82) is 0 Å². The van der Waals surface area contributed by atoms with Gasteiger partial charge in [-0.3, -0.25) is 9.59 Å². The van der Waals surface area contributed by atoms with E-state index in [-0.39, 0.29) is 0 Å². The molecule has 118 valence electrons. The first kappa shape index (κ1) is 15.1. The number of benzene rings is 1. The van der Waals surface area contributed by atoms with Crippen molar-refractivity contribution in [3.8, 4) is 0 Å². The number of carbonyl (C=O) groups is 2. The van der Waals surface area contributed by atoms with Gasteiger partial charge in [0.15, 0.2) is 23.9 Å². The molecule has 0 bridgehead atoms. The van der Waals surface area contributed by atoms with Gasteiger partial charge in [-0.2, -0.15) is 0 Å². The van der Waals surface area contributed by atoms with Gasteiger partial charge >= 0.3 is 5.97 Å². The van der Waals surface area contributed by atoms with Crippen LogP contribution in [0, 0.1) is 0 Å². The predicted molar refractivity (Wildman–Crippen MR) is 84.2 cm³/mol. The summed E-state index contributed by atoms with van der Waals surface area (Å²) in [5.41, 5.74) is 1.90. The fraction of sp³-hybridized carbons (Fsp3) is 0.222. The third kappa shape index (κ3) is 2.65. The molecule has 0 aliphatic carbocycles. The smallest absolute Gasteiger partial charge is 0.308 e. The highest BCUT2D eigenvalue weighted by atomic mass is 16.5. The van der Waals surface area contributed by atoms with Crippen molar-refractivity contribution in [3.05, 3.63) is 53.0 Å². The van der Waals surface area contributed by atoms with E-state index in [1.807, 2.05) is 30.3 Å². The number of aldehydes is 1. The number of hydrogen-bond acceptors (Lipinski definition) is 5. The van der Waals surface area contributed by atoms with Crippen LogP contribution in [-0.2, 0) is 19.1 Å². The maximum Gasteiger partial charge on any atom is 0.308 e. The van der Waals surface area contributed by atoms with E-state index in [0.29, 0.717) is 34.7 Å². The molecule has 5 nitrogen and oxygen atoms in total. The van der Waals surface area contributed by atoms with Crippen LogP contribution in [-0.4, -0.2) is 18.4 Å². The Morgan fingerprint density at radius 1 is 1.26 bits per heavy atom. The summed E-state index contributed by atoms with van der Waals surface area (Å²) in [6, 6.07) is 9.39. The highest BCUT2D eigenvalue weighted by molar-refractivity contribution is 5.83. The van der Waals surface area contributed by atoms with Crippen LogP contribution in [0.3, 0.4) is 0 Å². The van der Waals surface area contributed by atoms with Gasteiger partial charge in [0, 0.05) is 23.5 Å². The second kappa shape index (κ2) is 5.76. The van der Waals surface area contributed by atoms with E-state index < -0.39 is 12.1 Å². The maximum atomic E-state index is 11.4. The number of hydrogen-bond donors (Lipinski definition) is 0. The van der Waals surface area contributed by atoms with Gasteiger partial charge in [0.1, 0.15) is 11.3 Å². The minimum Gasteiger partial charge on any atom is -0.474 e. The van der Waals surface area contributed by atoms with Gasteiger partial charge < -0.3 is 13.9 Å². The highest BCUT2D eigenvalue weighted by Gasteiger charge is 2.30. The van der Waals surface area contributed by atoms with Crippen LogP contribution in [0.15, 0.2) is 51.7 Å². The van der Waals surface area contributed by atoms with Crippen LogP contribution in [0.5, 0.6) is 0 Å². The second-order valence-electron chi connectivity index (χ2n) is 5.38. The summed E-state index contributed by atoms with van der Waals surface area (Å²) in [6.07, 6.45) is -0.134. The number of fused-ring (bicyclic) bond motifs is 1. The SMILES string of the molecule is CC(=O)OC1=C(C)C(C=O)OC(c2cc3ccccc3o2)=C1C. The van der Waals surface area contributed by atoms with Crippen LogP contribution in [0.1, 0.15) is 26.5 Å². The molecule has 0 saturated heterocycles. The molecule has 3 rings (SSSR count). The number of ether oxygens (including phenoxy) is 2. The Balaban J connectivity index is 2.14. The predicted octanol–water partition coefficient (Wildman–Crippen LogP) is 3.60. The number of esters is 1. The Hall–Kier alpha value is -2.82. The van der Waals surface area contributed by atoms with Crippen LogP contribution in [0.2, 0.25) is 0 Å². The van der Waals surface area contributed by atoms with Crippen LogP contribution < -0.4 is 0 Å². The minimum absolute atomic E-state index is 0.358. The molecule has 1 aromatic heterocycles. The molecule has 5 heteroatoms. The van der Waals surface area contributed by atoms with Crippen molar-refractivity contribution in [2.45, 2.75) is 26.9 Å². The van der Waals surface area contributed by atoms with Crippen molar-refractivity contribution in [2.75, 3.05) is 0 Å². The molecule has 1 aliphatic heterocycles. The molecule has 1 atom stereocenters. The molecule has 0 N–H and O–H groups in total. The molecule has 0 saturated carbocycles. The zero-order chi connectivity index (χ0) is 16.6. The summed E-state index contributed by atoms with van der Waals surface area (Å²) < 4.78 is 16.8. The first-order valence-electron chi connectivity index (χ1n) is 7.22. The van der Waals surface area contributed by atoms with E-state index in [9.17, 15) is 9.59 Å². The third-order valence-electron chi connectivity index (χ3n) is 3.73. The number of furan rings is 1. The fourth-order valence-corrected chi connectivity index (χ4v) is 2.60. The van der Waals surface area contributed by atoms with Crippen LogP contribution in [0.4, 0.5) is 0 Å². The van der Waals surface area contributed by atoms with E-state index in [0.717, 1.165) is 11.0 Å². The largest absolute Gasteiger partial charge is 0.474 e. The molecule has 0 fully saturated rings. The van der Waals surface area contributed by atoms with Gasteiger partial charge in [-0.05, 0) is 26.0 Å². The Bertz CT molecular complexity index is 820. The lowest BCUT2D eigenvalue weighted by Crippen LogP contribution is -2.23. The molecular formula is C18H16O5. The lowest BCUT2D eigenvalue weighted by atomic mass is 10.0. The zero-order valence-corrected chi connectivity index (χ0v) is 13.1. The first-order valence-corrected chi connectivity index (χ1v) is 7.22. The maximum absolute atomic E-state index is 11.4. The third-order valence-corrected chi connectivity index (χ3v) is 3.73. The second-order valence-corrected chi connectivity index (χ2v) is 5.38. The Morgan fingerprint density at radius 2 is 2.00 bits per heavy atom. The number of para-hydroxylation sites is 1. The molecule has 1 unspecified atom stereocenters. The van der Waals surface area contributed by atoms with Crippen molar-refractivity contribution in [3.63, 3.8) is 0 Å². The van der Waals surface area contributed by atoms with Gasteiger partial charge in [0.25, 0.3) is 0 Å². The van der Waals surface area contributed by atoms with Gasteiger partial charge in [-0.1, -0.05) is 18.2 Å². The summed E-state index contributed by atoms with van der Waals surface area (Å²) in [6.45, 7) is 4.79. The molecule has 0 radical (unpaired) electrons. The quantitative estimate of drug-likeness (QED) is 0.640. The number of rotatable bonds is 3. The van der Waals surface area contributed by atoms with Crippen LogP contribution >= 0.6 is 0 Å². The molecule has 1 aromatic carbocycles. The number of carbonyl (C=O) groups excluding carboxylic acids is 2. The summed E-state index contributed by atoms with van der Waals surface area (Å²) in [7, 11) is 0. The molecule has 1 aliphatic rings. The lowest BCUT2D eigenvalue weighted by molar-refractivity contribution is -0.137. The Kier molecular flexibility index (Phi) is 3.78. The average molecular weight is 312 g/mol. The van der Waals surface area contributed by atoms with Gasteiger partial charge in [0.05, 0.1) is 0 Å². The monoisotopic (exact) mass is 312 g/mol. The van der Waals surface area contributed by atoms with Crippen molar-refractivity contribution in [1.82, 2.24) is 0 Å². The average Bonchev–Trinajstić information content (AvgIpc) is 2.95. The van der Waals surface area contributed by atoms with Crippen molar-refractivity contribution >= 4 is 29.0 Å². The Labute approximate surface area is 133 Å².